The monoisotopic (exact) mass is 332 g/mol. The Morgan fingerprint density at radius 2 is 1.68 bits per heavy atom. The molecule has 122 valence electrons. The smallest absolute Gasteiger partial charge is 0.335 e. The van der Waals surface area contributed by atoms with E-state index in [4.69, 9.17) is 26.2 Å². The molecule has 1 aliphatic heterocycles. The number of carboxylic acid groups (broad SMARTS) is 1. The lowest BCUT2D eigenvalue weighted by atomic mass is 9.99. The third-order valence-electron chi connectivity index (χ3n) is 3.48. The van der Waals surface area contributed by atoms with Crippen molar-refractivity contribution < 1.29 is 34.7 Å². The lowest BCUT2D eigenvalue weighted by Crippen LogP contribution is -2.61. The van der Waals surface area contributed by atoms with Crippen LogP contribution in [-0.2, 0) is 9.53 Å². The maximum Gasteiger partial charge on any atom is 0.335 e. The van der Waals surface area contributed by atoms with Gasteiger partial charge >= 0.3 is 5.97 Å². The Balaban J connectivity index is 2.22. The van der Waals surface area contributed by atoms with E-state index in [-0.39, 0.29) is 0 Å². The fourth-order valence-corrected chi connectivity index (χ4v) is 2.37. The van der Waals surface area contributed by atoms with E-state index < -0.39 is 36.7 Å². The highest BCUT2D eigenvalue weighted by molar-refractivity contribution is 6.32. The van der Waals surface area contributed by atoms with E-state index in [9.17, 15) is 20.1 Å². The summed E-state index contributed by atoms with van der Waals surface area (Å²) in [6.07, 6.45) is -8.17. The molecule has 22 heavy (non-hydrogen) atoms. The standard InChI is InChI=1S/C14H17ClO7/c1-5-3-7(4-6(2)8(5)15)21-14-11(18)9(16)10(17)12(22-14)13(19)20/h3-4,9-12,14,16-18H,1-2H3,(H,19,20). The van der Waals surface area contributed by atoms with Crippen molar-refractivity contribution in [1.82, 2.24) is 0 Å². The zero-order valence-electron chi connectivity index (χ0n) is 11.9. The van der Waals surface area contributed by atoms with Gasteiger partial charge < -0.3 is 29.9 Å². The number of aliphatic hydroxyl groups excluding tert-OH is 3. The number of benzene rings is 1. The predicted octanol–water partition coefficient (Wildman–Crippen LogP) is 0.228. The summed E-state index contributed by atoms with van der Waals surface area (Å²) in [4.78, 5) is 11.0. The maximum atomic E-state index is 11.0. The van der Waals surface area contributed by atoms with E-state index in [1.165, 1.54) is 0 Å². The quantitative estimate of drug-likeness (QED) is 0.626. The van der Waals surface area contributed by atoms with Crippen molar-refractivity contribution in [2.45, 2.75) is 44.6 Å². The molecule has 1 saturated heterocycles. The van der Waals surface area contributed by atoms with Crippen LogP contribution in [-0.4, -0.2) is 57.1 Å². The van der Waals surface area contributed by atoms with Gasteiger partial charge in [-0.15, -0.1) is 0 Å². The van der Waals surface area contributed by atoms with E-state index in [2.05, 4.69) is 0 Å². The molecule has 0 aromatic heterocycles. The molecule has 5 atom stereocenters. The number of halogens is 1. The summed E-state index contributed by atoms with van der Waals surface area (Å²) in [6, 6.07) is 3.19. The lowest BCUT2D eigenvalue weighted by molar-refractivity contribution is -0.271. The van der Waals surface area contributed by atoms with Gasteiger partial charge in [-0.1, -0.05) is 11.6 Å². The number of aryl methyl sites for hydroxylation is 2. The van der Waals surface area contributed by atoms with Gasteiger partial charge in [-0.2, -0.15) is 0 Å². The molecule has 0 amide bonds. The molecular formula is C14H17ClO7. The Kier molecular flexibility index (Phi) is 4.93. The average Bonchev–Trinajstić information content (AvgIpc) is 2.44. The first-order chi connectivity index (χ1) is 10.2. The Hall–Kier alpha value is -1.38. The molecule has 0 aliphatic carbocycles. The molecule has 0 bridgehead atoms. The van der Waals surface area contributed by atoms with E-state index in [1.807, 2.05) is 0 Å². The van der Waals surface area contributed by atoms with Gasteiger partial charge in [0, 0.05) is 5.02 Å². The highest BCUT2D eigenvalue weighted by atomic mass is 35.5. The summed E-state index contributed by atoms with van der Waals surface area (Å²) in [5, 5.41) is 38.7. The van der Waals surface area contributed by atoms with E-state index in [1.54, 1.807) is 26.0 Å². The van der Waals surface area contributed by atoms with Gasteiger partial charge in [0.15, 0.2) is 6.10 Å². The number of aliphatic carboxylic acids is 1. The number of ether oxygens (including phenoxy) is 2. The maximum absolute atomic E-state index is 11.0. The Morgan fingerprint density at radius 1 is 1.14 bits per heavy atom. The van der Waals surface area contributed by atoms with E-state index >= 15 is 0 Å². The van der Waals surface area contributed by atoms with Crippen LogP contribution in [0.5, 0.6) is 5.75 Å². The van der Waals surface area contributed by atoms with E-state index in [0.29, 0.717) is 10.8 Å². The molecule has 2 rings (SSSR count). The summed E-state index contributed by atoms with van der Waals surface area (Å²) >= 11 is 6.04. The SMILES string of the molecule is Cc1cc(OC2OC(C(=O)O)C(O)C(O)C2O)cc(C)c1Cl. The summed E-state index contributed by atoms with van der Waals surface area (Å²) in [6.45, 7) is 3.53. The molecule has 8 heteroatoms. The van der Waals surface area contributed by atoms with Crippen LogP contribution in [0.1, 0.15) is 11.1 Å². The molecule has 1 aromatic rings. The first-order valence-electron chi connectivity index (χ1n) is 6.58. The lowest BCUT2D eigenvalue weighted by Gasteiger charge is -2.38. The molecule has 0 spiro atoms. The van der Waals surface area contributed by atoms with Gasteiger partial charge in [0.25, 0.3) is 0 Å². The zero-order valence-corrected chi connectivity index (χ0v) is 12.7. The second-order valence-electron chi connectivity index (χ2n) is 5.22. The number of carbonyl (C=O) groups is 1. The van der Waals surface area contributed by atoms with Crippen LogP contribution in [0.3, 0.4) is 0 Å². The van der Waals surface area contributed by atoms with Gasteiger partial charge in [0.05, 0.1) is 0 Å². The molecule has 7 nitrogen and oxygen atoms in total. The largest absolute Gasteiger partial charge is 0.479 e. The molecule has 5 unspecified atom stereocenters. The van der Waals surface area contributed by atoms with Gasteiger partial charge in [0.2, 0.25) is 6.29 Å². The topological polar surface area (TPSA) is 116 Å². The van der Waals surface area contributed by atoms with Gasteiger partial charge in [-0.05, 0) is 37.1 Å². The number of aliphatic hydroxyl groups is 3. The number of hydrogen-bond donors (Lipinski definition) is 4. The minimum Gasteiger partial charge on any atom is -0.479 e. The minimum atomic E-state index is -1.75. The molecular weight excluding hydrogens is 316 g/mol. The highest BCUT2D eigenvalue weighted by Gasteiger charge is 2.48. The molecule has 0 saturated carbocycles. The molecule has 1 aliphatic rings. The fourth-order valence-electron chi connectivity index (χ4n) is 2.26. The van der Waals surface area contributed by atoms with Crippen LogP contribution in [0, 0.1) is 13.8 Å². The van der Waals surface area contributed by atoms with Crippen LogP contribution in [0.2, 0.25) is 5.02 Å². The number of rotatable bonds is 3. The Labute approximate surface area is 131 Å². The van der Waals surface area contributed by atoms with E-state index in [0.717, 1.165) is 11.1 Å². The second kappa shape index (κ2) is 6.39. The first kappa shape index (κ1) is 17.0. The normalized spacial score (nSPS) is 31.8. The van der Waals surface area contributed by atoms with Gasteiger partial charge in [-0.3, -0.25) is 0 Å². The Bertz CT molecular complexity index is 553. The number of carboxylic acids is 1. The first-order valence-corrected chi connectivity index (χ1v) is 6.96. The van der Waals surface area contributed by atoms with Crippen molar-refractivity contribution in [3.8, 4) is 5.75 Å². The number of hydrogen-bond acceptors (Lipinski definition) is 6. The van der Waals surface area contributed by atoms with Crippen molar-refractivity contribution in [3.05, 3.63) is 28.3 Å². The van der Waals surface area contributed by atoms with Crippen molar-refractivity contribution in [3.63, 3.8) is 0 Å². The van der Waals surface area contributed by atoms with Crippen LogP contribution in [0.15, 0.2) is 12.1 Å². The van der Waals surface area contributed by atoms with Crippen molar-refractivity contribution >= 4 is 17.6 Å². The van der Waals surface area contributed by atoms with Crippen molar-refractivity contribution in [2.75, 3.05) is 0 Å². The minimum absolute atomic E-state index is 0.302. The van der Waals surface area contributed by atoms with Crippen molar-refractivity contribution in [1.29, 1.82) is 0 Å². The predicted molar refractivity (Wildman–Crippen MR) is 75.9 cm³/mol. The van der Waals surface area contributed by atoms with Crippen LogP contribution < -0.4 is 4.74 Å². The van der Waals surface area contributed by atoms with Crippen LogP contribution >= 0.6 is 11.6 Å². The van der Waals surface area contributed by atoms with Crippen LogP contribution in [0.25, 0.3) is 0 Å². The Morgan fingerprint density at radius 3 is 2.18 bits per heavy atom. The molecule has 0 radical (unpaired) electrons. The third-order valence-corrected chi connectivity index (χ3v) is 4.07. The van der Waals surface area contributed by atoms with Gasteiger partial charge in [-0.25, -0.2) is 4.79 Å². The van der Waals surface area contributed by atoms with Crippen LogP contribution in [0.4, 0.5) is 0 Å². The molecule has 1 heterocycles. The van der Waals surface area contributed by atoms with Gasteiger partial charge in [0.1, 0.15) is 24.1 Å². The summed E-state index contributed by atoms with van der Waals surface area (Å²) in [5.74, 6) is -1.16. The summed E-state index contributed by atoms with van der Waals surface area (Å²) < 4.78 is 10.5. The zero-order chi connectivity index (χ0) is 16.6. The fraction of sp³-hybridized carbons (Fsp3) is 0.500. The summed E-state index contributed by atoms with van der Waals surface area (Å²) in [7, 11) is 0. The molecule has 4 N–H and O–H groups in total. The highest BCUT2D eigenvalue weighted by Crippen LogP contribution is 2.29. The van der Waals surface area contributed by atoms with Crippen molar-refractivity contribution in [2.24, 2.45) is 0 Å². The average molecular weight is 333 g/mol. The second-order valence-corrected chi connectivity index (χ2v) is 5.60. The third kappa shape index (κ3) is 3.18. The summed E-state index contributed by atoms with van der Waals surface area (Å²) in [5.41, 5.74) is 1.47. The molecule has 1 fully saturated rings. The molecule has 1 aromatic carbocycles.